The maximum absolute atomic E-state index is 12.8. The van der Waals surface area contributed by atoms with E-state index in [1.54, 1.807) is 22.7 Å². The average molecular weight is 361 g/mol. The highest BCUT2D eigenvalue weighted by atomic mass is 32.1. The largest absolute Gasteiger partial charge is 0.484 e. The Labute approximate surface area is 147 Å². The van der Waals surface area contributed by atoms with Gasteiger partial charge in [-0.25, -0.2) is 4.39 Å². The van der Waals surface area contributed by atoms with Crippen LogP contribution < -0.4 is 10.1 Å². The van der Waals surface area contributed by atoms with Gasteiger partial charge in [0.15, 0.2) is 6.61 Å². The minimum absolute atomic E-state index is 0.0729. The number of amides is 1. The Hall–Kier alpha value is -2.18. The normalized spacial score (nSPS) is 10.5. The second-order valence-electron chi connectivity index (χ2n) is 5.09. The van der Waals surface area contributed by atoms with Crippen molar-refractivity contribution in [2.45, 2.75) is 6.42 Å². The number of halogens is 1. The third-order valence-corrected chi connectivity index (χ3v) is 5.51. The summed E-state index contributed by atoms with van der Waals surface area (Å²) in [4.78, 5) is 15.5. The van der Waals surface area contributed by atoms with Gasteiger partial charge in [0.1, 0.15) is 11.6 Å². The monoisotopic (exact) mass is 361 g/mol. The Balaban J connectivity index is 1.40. The van der Waals surface area contributed by atoms with Crippen LogP contribution in [0.25, 0.3) is 9.75 Å². The molecule has 1 amide bonds. The first-order valence-corrected chi connectivity index (χ1v) is 9.18. The number of hydrogen-bond acceptors (Lipinski definition) is 4. The summed E-state index contributed by atoms with van der Waals surface area (Å²) in [6.45, 7) is 0.493. The number of ether oxygens (including phenoxy) is 1. The third-order valence-electron chi connectivity index (χ3n) is 3.30. The molecule has 0 radical (unpaired) electrons. The van der Waals surface area contributed by atoms with Gasteiger partial charge in [-0.15, -0.1) is 22.7 Å². The molecule has 3 aromatic rings. The van der Waals surface area contributed by atoms with E-state index >= 15 is 0 Å². The van der Waals surface area contributed by atoms with Gasteiger partial charge in [0.25, 0.3) is 5.91 Å². The predicted molar refractivity (Wildman–Crippen MR) is 96.2 cm³/mol. The second kappa shape index (κ2) is 8.08. The maximum Gasteiger partial charge on any atom is 0.257 e. The van der Waals surface area contributed by atoms with Crippen LogP contribution in [0.4, 0.5) is 4.39 Å². The molecule has 0 aliphatic heterocycles. The van der Waals surface area contributed by atoms with Crippen LogP contribution in [0.3, 0.4) is 0 Å². The van der Waals surface area contributed by atoms with Crippen molar-refractivity contribution < 1.29 is 13.9 Å². The molecule has 1 N–H and O–H groups in total. The van der Waals surface area contributed by atoms with E-state index < -0.39 is 0 Å². The van der Waals surface area contributed by atoms with Gasteiger partial charge in [0.05, 0.1) is 0 Å². The van der Waals surface area contributed by atoms with E-state index in [-0.39, 0.29) is 18.3 Å². The van der Waals surface area contributed by atoms with E-state index in [9.17, 15) is 9.18 Å². The molecule has 24 heavy (non-hydrogen) atoms. The van der Waals surface area contributed by atoms with Crippen molar-refractivity contribution >= 4 is 28.6 Å². The lowest BCUT2D eigenvalue weighted by Crippen LogP contribution is -2.30. The van der Waals surface area contributed by atoms with E-state index in [1.165, 1.54) is 38.9 Å². The van der Waals surface area contributed by atoms with Crippen LogP contribution >= 0.6 is 22.7 Å². The van der Waals surface area contributed by atoms with Crippen molar-refractivity contribution in [1.82, 2.24) is 5.32 Å². The average Bonchev–Trinajstić information content (AvgIpc) is 3.25. The van der Waals surface area contributed by atoms with Crippen molar-refractivity contribution in [3.05, 3.63) is 64.6 Å². The van der Waals surface area contributed by atoms with Gasteiger partial charge in [-0.3, -0.25) is 4.79 Å². The summed E-state index contributed by atoms with van der Waals surface area (Å²) >= 11 is 3.47. The summed E-state index contributed by atoms with van der Waals surface area (Å²) in [5.74, 6) is -0.0376. The number of benzene rings is 1. The van der Waals surface area contributed by atoms with E-state index in [0.29, 0.717) is 12.3 Å². The first kappa shape index (κ1) is 16.7. The first-order valence-electron chi connectivity index (χ1n) is 7.48. The molecule has 124 valence electrons. The molecule has 6 heteroatoms. The van der Waals surface area contributed by atoms with Crippen LogP contribution in [0.2, 0.25) is 0 Å². The quantitative estimate of drug-likeness (QED) is 0.679. The molecule has 1 aromatic carbocycles. The molecule has 0 atom stereocenters. The highest BCUT2D eigenvalue weighted by Gasteiger charge is 2.06. The molecule has 0 saturated heterocycles. The molecule has 0 bridgehead atoms. The Bertz CT molecular complexity index is 782. The molecule has 0 spiro atoms. The van der Waals surface area contributed by atoms with Crippen LogP contribution in [0.5, 0.6) is 5.75 Å². The molecule has 0 saturated carbocycles. The van der Waals surface area contributed by atoms with Gasteiger partial charge in [-0.05, 0) is 54.3 Å². The maximum atomic E-state index is 12.8. The van der Waals surface area contributed by atoms with Crippen molar-refractivity contribution in [3.8, 4) is 15.5 Å². The minimum atomic E-state index is -0.329. The van der Waals surface area contributed by atoms with Crippen molar-refractivity contribution in [3.63, 3.8) is 0 Å². The highest BCUT2D eigenvalue weighted by Crippen LogP contribution is 2.31. The third kappa shape index (κ3) is 4.66. The van der Waals surface area contributed by atoms with Gasteiger partial charge in [-0.2, -0.15) is 0 Å². The van der Waals surface area contributed by atoms with E-state index in [0.717, 1.165) is 6.42 Å². The smallest absolute Gasteiger partial charge is 0.257 e. The molecule has 0 aliphatic rings. The molecule has 3 rings (SSSR count). The van der Waals surface area contributed by atoms with Crippen LogP contribution in [-0.2, 0) is 11.2 Å². The lowest BCUT2D eigenvalue weighted by Gasteiger charge is -2.07. The predicted octanol–water partition coefficient (Wildman–Crippen LogP) is 4.35. The van der Waals surface area contributed by atoms with Crippen LogP contribution in [0, 0.1) is 5.82 Å². The van der Waals surface area contributed by atoms with Crippen molar-refractivity contribution in [2.24, 2.45) is 0 Å². The number of hydrogen-bond donors (Lipinski definition) is 1. The van der Waals surface area contributed by atoms with Gasteiger partial charge < -0.3 is 10.1 Å². The summed E-state index contributed by atoms with van der Waals surface area (Å²) in [5.41, 5.74) is 0. The van der Waals surface area contributed by atoms with Crippen molar-refractivity contribution in [2.75, 3.05) is 13.2 Å². The van der Waals surface area contributed by atoms with Gasteiger partial charge in [0, 0.05) is 21.2 Å². The fourth-order valence-corrected chi connectivity index (χ4v) is 3.96. The lowest BCUT2D eigenvalue weighted by atomic mass is 10.3. The number of nitrogens with one attached hydrogen (secondary N) is 1. The zero-order valence-corrected chi connectivity index (χ0v) is 14.5. The van der Waals surface area contributed by atoms with Crippen LogP contribution in [0.1, 0.15) is 4.88 Å². The molecule has 2 aromatic heterocycles. The Kier molecular flexibility index (Phi) is 5.61. The topological polar surface area (TPSA) is 38.3 Å². The molecule has 0 unspecified atom stereocenters. The molecule has 0 fully saturated rings. The van der Waals surface area contributed by atoms with Gasteiger partial charge in [0.2, 0.25) is 0 Å². The van der Waals surface area contributed by atoms with Crippen LogP contribution in [-0.4, -0.2) is 19.1 Å². The Morgan fingerprint density at radius 1 is 1.08 bits per heavy atom. The standard InChI is InChI=1S/C18H16FNO2S2/c19-13-3-5-14(6-4-13)22-12-18(21)20-10-9-15-7-8-17(24-15)16-2-1-11-23-16/h1-8,11H,9-10,12H2,(H,20,21). The molecular formula is C18H16FNO2S2. The second-order valence-corrected chi connectivity index (χ2v) is 7.20. The van der Waals surface area contributed by atoms with E-state index in [2.05, 4.69) is 28.9 Å². The number of rotatable bonds is 7. The molecular weight excluding hydrogens is 345 g/mol. The summed E-state index contributed by atoms with van der Waals surface area (Å²) in [5, 5.41) is 4.89. The summed E-state index contributed by atoms with van der Waals surface area (Å²) < 4.78 is 18.1. The molecule has 0 aliphatic carbocycles. The summed E-state index contributed by atoms with van der Waals surface area (Å²) in [6, 6.07) is 14.0. The lowest BCUT2D eigenvalue weighted by molar-refractivity contribution is -0.123. The fourth-order valence-electron chi connectivity index (χ4n) is 2.12. The summed E-state index contributed by atoms with van der Waals surface area (Å²) in [7, 11) is 0. The minimum Gasteiger partial charge on any atom is -0.484 e. The molecule has 3 nitrogen and oxygen atoms in total. The van der Waals surface area contributed by atoms with Crippen molar-refractivity contribution in [1.29, 1.82) is 0 Å². The van der Waals surface area contributed by atoms with E-state index in [1.807, 2.05) is 6.07 Å². The molecule has 2 heterocycles. The zero-order valence-electron chi connectivity index (χ0n) is 12.8. The fraction of sp³-hybridized carbons (Fsp3) is 0.167. The zero-order chi connectivity index (χ0) is 16.8. The number of thiophene rings is 2. The number of carbonyl (C=O) groups excluding carboxylic acids is 1. The SMILES string of the molecule is O=C(COc1ccc(F)cc1)NCCc1ccc(-c2cccs2)s1. The first-order chi connectivity index (χ1) is 11.7. The Morgan fingerprint density at radius 3 is 2.67 bits per heavy atom. The number of carbonyl (C=O) groups is 1. The van der Waals surface area contributed by atoms with E-state index in [4.69, 9.17) is 4.74 Å². The van der Waals surface area contributed by atoms with Gasteiger partial charge in [-0.1, -0.05) is 6.07 Å². The summed E-state index contributed by atoms with van der Waals surface area (Å²) in [6.07, 6.45) is 0.790. The van der Waals surface area contributed by atoms with Gasteiger partial charge >= 0.3 is 0 Å². The highest BCUT2D eigenvalue weighted by molar-refractivity contribution is 7.21. The van der Waals surface area contributed by atoms with Crippen LogP contribution in [0.15, 0.2) is 53.9 Å². The Morgan fingerprint density at radius 2 is 1.92 bits per heavy atom.